The molecule has 5 nitrogen and oxygen atoms in total. The zero-order valence-electron chi connectivity index (χ0n) is 17.6. The molecular weight excluding hydrogens is 535 g/mol. The van der Waals surface area contributed by atoms with Crippen LogP contribution in [0.15, 0.2) is 57.5 Å². The number of benzene rings is 2. The molecule has 5 rings (SSSR count). The fraction of sp³-hybridized carbons (Fsp3) is 0.375. The second kappa shape index (κ2) is 10.3. The lowest BCUT2D eigenvalue weighted by Crippen LogP contribution is -2.44. The number of hydrogen-bond acceptors (Lipinski definition) is 3. The van der Waals surface area contributed by atoms with Gasteiger partial charge in [0.2, 0.25) is 0 Å². The van der Waals surface area contributed by atoms with Gasteiger partial charge < -0.3 is 5.32 Å². The molecule has 0 bridgehead atoms. The smallest absolute Gasteiger partial charge is 0.322 e. The molecule has 1 spiro atoms. The molecule has 3 fully saturated rings. The molecule has 1 saturated heterocycles. The normalized spacial score (nSPS) is 26.2. The Morgan fingerprint density at radius 3 is 1.84 bits per heavy atom. The average molecular weight is 559 g/mol. The van der Waals surface area contributed by atoms with E-state index in [1.54, 1.807) is 0 Å². The second-order valence-corrected chi connectivity index (χ2v) is 10.3. The van der Waals surface area contributed by atoms with Crippen LogP contribution in [0.3, 0.4) is 0 Å². The molecule has 1 unspecified atom stereocenters. The van der Waals surface area contributed by atoms with Crippen LogP contribution in [-0.2, 0) is 9.59 Å². The Balaban J connectivity index is 0.000000184. The first-order valence-corrected chi connectivity index (χ1v) is 12.1. The van der Waals surface area contributed by atoms with E-state index in [-0.39, 0.29) is 20.4 Å². The number of hydrogen-bond donors (Lipinski definition) is 2. The minimum atomic E-state index is -0.672. The lowest BCUT2D eigenvalue weighted by molar-refractivity contribution is -0.123. The molecule has 2 N–H and O–H groups in total. The molecule has 8 heteroatoms. The van der Waals surface area contributed by atoms with Crippen LogP contribution in [0.4, 0.5) is 4.79 Å². The maximum Gasteiger partial charge on any atom is 0.322 e. The third-order valence-corrected chi connectivity index (χ3v) is 7.51. The van der Waals surface area contributed by atoms with Gasteiger partial charge in [-0.15, -0.1) is 0 Å². The van der Waals surface area contributed by atoms with E-state index in [0.29, 0.717) is 30.5 Å². The van der Waals surface area contributed by atoms with Crippen molar-refractivity contribution in [2.75, 3.05) is 0 Å². The summed E-state index contributed by atoms with van der Waals surface area (Å²) in [5.74, 6) is 1.04. The Bertz CT molecular complexity index is 997. The van der Waals surface area contributed by atoms with Crippen LogP contribution < -0.4 is 10.6 Å². The average Bonchev–Trinajstić information content (AvgIpc) is 3.43. The van der Waals surface area contributed by atoms with Gasteiger partial charge in [-0.05, 0) is 72.9 Å². The number of rotatable bonds is 2. The summed E-state index contributed by atoms with van der Waals surface area (Å²) in [6.45, 7) is 0. The zero-order chi connectivity index (χ0) is 22.0. The summed E-state index contributed by atoms with van der Waals surface area (Å²) in [7, 11) is 0. The van der Waals surface area contributed by atoms with Gasteiger partial charge in [0, 0.05) is 30.2 Å². The fourth-order valence-corrected chi connectivity index (χ4v) is 5.27. The topological polar surface area (TPSA) is 75.3 Å². The number of carbonyl (C=O) groups excluding carboxylic acids is 3. The standard InChI is InChI=1S/C13H13BrN2O2.C11H11BrO.B/c14-10-3-1-8(2-4-10)9-5-6-13(7-9)11(17)15-12(18)16-13;12-10-4-1-8(2-5-10)9-3-6-11(13)7-9;/h1-4,9H,5-7H2,(H2,15,16,17,18);1-2,4-5,9H,3,6-7H2;/t9-,13?;9-;/m00./s1. The van der Waals surface area contributed by atoms with E-state index in [2.05, 4.69) is 66.8 Å². The van der Waals surface area contributed by atoms with Crippen LogP contribution in [-0.4, -0.2) is 31.7 Å². The van der Waals surface area contributed by atoms with E-state index in [0.717, 1.165) is 34.6 Å². The maximum absolute atomic E-state index is 11.8. The van der Waals surface area contributed by atoms with Crippen molar-refractivity contribution in [3.63, 3.8) is 0 Å². The quantitative estimate of drug-likeness (QED) is 0.393. The maximum atomic E-state index is 11.8. The number of imide groups is 1. The van der Waals surface area contributed by atoms with E-state index in [1.165, 1.54) is 11.1 Å². The lowest BCUT2D eigenvalue weighted by Gasteiger charge is -2.19. The Labute approximate surface area is 206 Å². The Kier molecular flexibility index (Phi) is 7.99. The van der Waals surface area contributed by atoms with Gasteiger partial charge >= 0.3 is 6.03 Å². The summed E-state index contributed by atoms with van der Waals surface area (Å²) < 4.78 is 2.14. The van der Waals surface area contributed by atoms with Crippen molar-refractivity contribution in [3.05, 3.63) is 68.6 Å². The highest BCUT2D eigenvalue weighted by molar-refractivity contribution is 9.10. The van der Waals surface area contributed by atoms with Gasteiger partial charge in [0.05, 0.1) is 0 Å². The van der Waals surface area contributed by atoms with Crippen molar-refractivity contribution >= 4 is 58.0 Å². The van der Waals surface area contributed by atoms with Crippen LogP contribution in [0.25, 0.3) is 0 Å². The number of amides is 3. The lowest BCUT2D eigenvalue weighted by atomic mass is 9.92. The summed E-state index contributed by atoms with van der Waals surface area (Å²) in [5.41, 5.74) is 1.85. The van der Waals surface area contributed by atoms with Gasteiger partial charge in [-0.3, -0.25) is 14.9 Å². The van der Waals surface area contributed by atoms with Crippen LogP contribution in [0.5, 0.6) is 0 Å². The molecule has 2 aromatic rings. The van der Waals surface area contributed by atoms with Gasteiger partial charge in [0.15, 0.2) is 0 Å². The third kappa shape index (κ3) is 5.52. The Morgan fingerprint density at radius 2 is 1.38 bits per heavy atom. The third-order valence-electron chi connectivity index (χ3n) is 6.46. The van der Waals surface area contributed by atoms with Crippen LogP contribution in [0, 0.1) is 0 Å². The number of Topliss-reactive ketones (excluding diaryl/α,β-unsaturated/α-hetero) is 1. The molecule has 3 radical (unpaired) electrons. The van der Waals surface area contributed by atoms with E-state index >= 15 is 0 Å². The number of urea groups is 1. The van der Waals surface area contributed by atoms with E-state index in [1.807, 2.05) is 24.3 Å². The minimum absolute atomic E-state index is 0. The van der Waals surface area contributed by atoms with Gasteiger partial charge in [-0.1, -0.05) is 56.1 Å². The van der Waals surface area contributed by atoms with Gasteiger partial charge in [-0.2, -0.15) is 0 Å². The Morgan fingerprint density at radius 1 is 0.812 bits per heavy atom. The molecule has 2 aromatic carbocycles. The van der Waals surface area contributed by atoms with E-state index < -0.39 is 5.54 Å². The SMILES string of the molecule is O=C1CC[C@H](c2ccc(Br)cc2)C1.O=C1NC(=O)C2(CC[C@H](c3ccc(Br)cc3)C2)N1.[B]. The first kappa shape index (κ1) is 24.7. The summed E-state index contributed by atoms with van der Waals surface area (Å²) in [5, 5.41) is 5.12. The molecule has 1 heterocycles. The van der Waals surface area contributed by atoms with E-state index in [9.17, 15) is 14.4 Å². The van der Waals surface area contributed by atoms with Crippen molar-refractivity contribution in [2.45, 2.75) is 55.9 Å². The minimum Gasteiger partial charge on any atom is -0.323 e. The molecule has 3 atom stereocenters. The summed E-state index contributed by atoms with van der Waals surface area (Å²) in [4.78, 5) is 34.2. The molecule has 3 amide bonds. The molecule has 32 heavy (non-hydrogen) atoms. The van der Waals surface area contributed by atoms with Gasteiger partial charge in [0.1, 0.15) is 11.3 Å². The number of carbonyl (C=O) groups is 3. The molecule has 1 aliphatic heterocycles. The van der Waals surface area contributed by atoms with Crippen molar-refractivity contribution in [2.24, 2.45) is 0 Å². The number of halogens is 2. The summed E-state index contributed by atoms with van der Waals surface area (Å²) >= 11 is 6.81. The van der Waals surface area contributed by atoms with Crippen molar-refractivity contribution in [1.29, 1.82) is 0 Å². The van der Waals surface area contributed by atoms with Crippen molar-refractivity contribution < 1.29 is 14.4 Å². The van der Waals surface area contributed by atoms with E-state index in [4.69, 9.17) is 0 Å². The number of ketones is 1. The fourth-order valence-electron chi connectivity index (χ4n) is 4.75. The molecule has 165 valence electrons. The highest BCUT2D eigenvalue weighted by Crippen LogP contribution is 2.42. The molecule has 2 aliphatic carbocycles. The van der Waals surface area contributed by atoms with Gasteiger partial charge in [0.25, 0.3) is 5.91 Å². The first-order valence-electron chi connectivity index (χ1n) is 10.5. The van der Waals surface area contributed by atoms with Crippen LogP contribution >= 0.6 is 31.9 Å². The number of nitrogens with one attached hydrogen (secondary N) is 2. The first-order chi connectivity index (χ1) is 14.8. The second-order valence-electron chi connectivity index (χ2n) is 8.51. The highest BCUT2D eigenvalue weighted by Gasteiger charge is 2.51. The largest absolute Gasteiger partial charge is 0.323 e. The highest BCUT2D eigenvalue weighted by atomic mass is 79.9. The zero-order valence-corrected chi connectivity index (χ0v) is 20.7. The summed E-state index contributed by atoms with van der Waals surface area (Å²) in [6.07, 6.45) is 4.86. The van der Waals surface area contributed by atoms with Crippen LogP contribution in [0.2, 0.25) is 0 Å². The monoisotopic (exact) mass is 557 g/mol. The Hall–Kier alpha value is -1.93. The van der Waals surface area contributed by atoms with Crippen molar-refractivity contribution in [1.82, 2.24) is 10.6 Å². The molecule has 0 aromatic heterocycles. The predicted molar refractivity (Wildman–Crippen MR) is 132 cm³/mol. The molecular formula is C24H24BBr2N2O3. The molecule has 3 aliphatic rings. The predicted octanol–water partition coefficient (Wildman–Crippen LogP) is 5.20. The summed E-state index contributed by atoms with van der Waals surface area (Å²) in [6, 6.07) is 16.1. The van der Waals surface area contributed by atoms with Crippen molar-refractivity contribution in [3.8, 4) is 0 Å². The van der Waals surface area contributed by atoms with Gasteiger partial charge in [-0.25, -0.2) is 4.79 Å². The van der Waals surface area contributed by atoms with Crippen LogP contribution in [0.1, 0.15) is 61.5 Å². The molecule has 2 saturated carbocycles.